The van der Waals surface area contributed by atoms with E-state index in [1.807, 2.05) is 0 Å². The van der Waals surface area contributed by atoms with Gasteiger partial charge in [0.25, 0.3) is 0 Å². The average molecular weight is 330 g/mol. The van der Waals surface area contributed by atoms with E-state index in [0.29, 0.717) is 0 Å². The number of carbonyl (C=O) groups is 1. The van der Waals surface area contributed by atoms with Crippen molar-refractivity contribution in [2.24, 2.45) is 0 Å². The van der Waals surface area contributed by atoms with Crippen molar-refractivity contribution in [3.05, 3.63) is 58.9 Å². The van der Waals surface area contributed by atoms with Crippen LogP contribution in [0.25, 0.3) is 0 Å². The number of hydrogen-bond acceptors (Lipinski definition) is 2. The van der Waals surface area contributed by atoms with Crippen LogP contribution in [-0.2, 0) is 12.7 Å². The average Bonchev–Trinajstić information content (AvgIpc) is 2.47. The Morgan fingerprint density at radius 2 is 1.86 bits per heavy atom. The van der Waals surface area contributed by atoms with Gasteiger partial charge in [-0.3, -0.25) is 4.98 Å². The van der Waals surface area contributed by atoms with Crippen LogP contribution in [0.4, 0.5) is 23.7 Å². The first-order valence-electron chi connectivity index (χ1n) is 6.17. The minimum atomic E-state index is -4.61. The smallest absolute Gasteiger partial charge is 0.334 e. The van der Waals surface area contributed by atoms with Crippen LogP contribution in [0.5, 0.6) is 0 Å². The number of halogens is 4. The van der Waals surface area contributed by atoms with Gasteiger partial charge in [0, 0.05) is 24.0 Å². The molecule has 2 aromatic rings. The zero-order valence-corrected chi connectivity index (χ0v) is 11.9. The molecule has 0 aliphatic rings. The lowest BCUT2D eigenvalue weighted by molar-refractivity contribution is -0.136. The molecule has 0 saturated heterocycles. The lowest BCUT2D eigenvalue weighted by Gasteiger charge is -2.14. The van der Waals surface area contributed by atoms with Gasteiger partial charge in [0.2, 0.25) is 0 Å². The summed E-state index contributed by atoms with van der Waals surface area (Å²) in [5.41, 5.74) is -0.583. The first kappa shape index (κ1) is 16.1. The topological polar surface area (TPSA) is 54.0 Å². The number of aromatic nitrogens is 1. The van der Waals surface area contributed by atoms with E-state index in [-0.39, 0.29) is 17.3 Å². The van der Waals surface area contributed by atoms with Gasteiger partial charge >= 0.3 is 12.2 Å². The van der Waals surface area contributed by atoms with Crippen LogP contribution >= 0.6 is 11.6 Å². The number of pyridine rings is 1. The number of rotatable bonds is 3. The molecule has 0 atom stereocenters. The molecule has 1 heterocycles. The third kappa shape index (κ3) is 4.36. The lowest BCUT2D eigenvalue weighted by atomic mass is 10.1. The molecule has 0 saturated carbocycles. The first-order chi connectivity index (χ1) is 10.4. The van der Waals surface area contributed by atoms with E-state index in [1.165, 1.54) is 6.07 Å². The van der Waals surface area contributed by atoms with Crippen molar-refractivity contribution in [1.29, 1.82) is 0 Å². The maximum absolute atomic E-state index is 12.9. The molecular formula is C14H11ClF3N3O. The van der Waals surface area contributed by atoms with Gasteiger partial charge in [-0.05, 0) is 35.9 Å². The minimum absolute atomic E-state index is 0.0601. The van der Waals surface area contributed by atoms with Crippen LogP contribution in [0, 0.1) is 0 Å². The van der Waals surface area contributed by atoms with E-state index in [0.717, 1.165) is 17.7 Å². The van der Waals surface area contributed by atoms with E-state index in [1.54, 1.807) is 24.5 Å². The van der Waals surface area contributed by atoms with Crippen molar-refractivity contribution in [2.75, 3.05) is 5.32 Å². The number of carbonyl (C=O) groups excluding carboxylic acids is 1. The highest BCUT2D eigenvalue weighted by atomic mass is 35.5. The highest BCUT2D eigenvalue weighted by Crippen LogP contribution is 2.36. The maximum Gasteiger partial charge on any atom is 0.418 e. The van der Waals surface area contributed by atoms with E-state index in [9.17, 15) is 18.0 Å². The summed E-state index contributed by atoms with van der Waals surface area (Å²) in [6.45, 7) is 0.170. The molecule has 2 N–H and O–H groups in total. The van der Waals surface area contributed by atoms with Crippen LogP contribution in [0.3, 0.4) is 0 Å². The molecule has 2 rings (SSSR count). The predicted molar refractivity (Wildman–Crippen MR) is 76.5 cm³/mol. The molecule has 22 heavy (non-hydrogen) atoms. The predicted octanol–water partition coefficient (Wildman–Crippen LogP) is 4.08. The quantitative estimate of drug-likeness (QED) is 0.891. The molecule has 8 heteroatoms. The molecule has 0 fully saturated rings. The molecule has 0 radical (unpaired) electrons. The Labute approximate surface area is 129 Å². The highest BCUT2D eigenvalue weighted by Gasteiger charge is 2.34. The van der Waals surface area contributed by atoms with Crippen LogP contribution in [-0.4, -0.2) is 11.0 Å². The fourth-order valence-corrected chi connectivity index (χ4v) is 1.88. The van der Waals surface area contributed by atoms with Gasteiger partial charge in [-0.25, -0.2) is 4.79 Å². The van der Waals surface area contributed by atoms with Crippen LogP contribution in [0.2, 0.25) is 5.02 Å². The van der Waals surface area contributed by atoms with Gasteiger partial charge in [0.15, 0.2) is 0 Å². The van der Waals surface area contributed by atoms with Gasteiger partial charge in [-0.15, -0.1) is 0 Å². The lowest BCUT2D eigenvalue weighted by Crippen LogP contribution is -2.29. The molecule has 2 amide bonds. The highest BCUT2D eigenvalue weighted by molar-refractivity contribution is 6.30. The fraction of sp³-hybridized carbons (Fsp3) is 0.143. The van der Waals surface area contributed by atoms with Gasteiger partial charge < -0.3 is 10.6 Å². The number of hydrogen-bond donors (Lipinski definition) is 2. The van der Waals surface area contributed by atoms with Crippen molar-refractivity contribution in [1.82, 2.24) is 10.3 Å². The largest absolute Gasteiger partial charge is 0.418 e. The van der Waals surface area contributed by atoms with Crippen LogP contribution < -0.4 is 10.6 Å². The fourth-order valence-electron chi connectivity index (χ4n) is 1.71. The Bertz CT molecular complexity index is 662. The van der Waals surface area contributed by atoms with Gasteiger partial charge in [0.05, 0.1) is 11.3 Å². The summed E-state index contributed by atoms with van der Waals surface area (Å²) in [5.74, 6) is 0. The van der Waals surface area contributed by atoms with Crippen molar-refractivity contribution < 1.29 is 18.0 Å². The van der Waals surface area contributed by atoms with Gasteiger partial charge in [-0.1, -0.05) is 11.6 Å². The molecule has 4 nitrogen and oxygen atoms in total. The molecule has 0 bridgehead atoms. The van der Waals surface area contributed by atoms with E-state index in [2.05, 4.69) is 15.6 Å². The van der Waals surface area contributed by atoms with Crippen molar-refractivity contribution >= 4 is 23.3 Å². The van der Waals surface area contributed by atoms with Crippen LogP contribution in [0.1, 0.15) is 11.1 Å². The summed E-state index contributed by atoms with van der Waals surface area (Å²) in [4.78, 5) is 15.5. The number of urea groups is 1. The summed E-state index contributed by atoms with van der Waals surface area (Å²) in [7, 11) is 0. The molecule has 0 spiro atoms. The number of benzene rings is 1. The number of anilines is 1. The van der Waals surface area contributed by atoms with E-state index < -0.39 is 17.8 Å². The second kappa shape index (κ2) is 6.65. The first-order valence-corrected chi connectivity index (χ1v) is 6.54. The number of amides is 2. The van der Waals surface area contributed by atoms with Crippen LogP contribution in [0.15, 0.2) is 42.7 Å². The van der Waals surface area contributed by atoms with Crippen molar-refractivity contribution in [3.8, 4) is 0 Å². The van der Waals surface area contributed by atoms with Gasteiger partial charge in [-0.2, -0.15) is 13.2 Å². The number of alkyl halides is 3. The summed E-state index contributed by atoms with van der Waals surface area (Å²) >= 11 is 5.57. The normalized spacial score (nSPS) is 11.1. The van der Waals surface area contributed by atoms with Crippen molar-refractivity contribution in [3.63, 3.8) is 0 Å². The Hall–Kier alpha value is -2.28. The number of nitrogens with zero attached hydrogens (tertiary/aromatic N) is 1. The maximum atomic E-state index is 12.9. The summed E-state index contributed by atoms with van der Waals surface area (Å²) in [5, 5.41) is 4.57. The molecule has 1 aromatic carbocycles. The molecule has 1 aromatic heterocycles. The Morgan fingerprint density at radius 1 is 1.18 bits per heavy atom. The molecular weight excluding hydrogens is 319 g/mol. The zero-order valence-electron chi connectivity index (χ0n) is 11.1. The second-order valence-corrected chi connectivity index (χ2v) is 4.79. The van der Waals surface area contributed by atoms with E-state index >= 15 is 0 Å². The zero-order chi connectivity index (χ0) is 16.2. The molecule has 0 aliphatic heterocycles. The summed E-state index contributed by atoms with van der Waals surface area (Å²) < 4.78 is 38.7. The molecule has 0 unspecified atom stereocenters. The molecule has 116 valence electrons. The van der Waals surface area contributed by atoms with Crippen molar-refractivity contribution in [2.45, 2.75) is 12.7 Å². The minimum Gasteiger partial charge on any atom is -0.334 e. The SMILES string of the molecule is O=C(NCc1ccncc1)Nc1ccc(Cl)cc1C(F)(F)F. The number of nitrogens with one attached hydrogen (secondary N) is 2. The van der Waals surface area contributed by atoms with E-state index in [4.69, 9.17) is 11.6 Å². The summed E-state index contributed by atoms with van der Waals surface area (Å²) in [6, 6.07) is 5.77. The monoisotopic (exact) mass is 329 g/mol. The summed E-state index contributed by atoms with van der Waals surface area (Å²) in [6.07, 6.45) is -1.51. The Kier molecular flexibility index (Phi) is 4.87. The second-order valence-electron chi connectivity index (χ2n) is 4.35. The third-order valence-corrected chi connectivity index (χ3v) is 2.97. The van der Waals surface area contributed by atoms with Gasteiger partial charge in [0.1, 0.15) is 0 Å². The standard InChI is InChI=1S/C14H11ClF3N3O/c15-10-1-2-12(11(7-10)14(16,17)18)21-13(22)20-8-9-3-5-19-6-4-9/h1-7H,8H2,(H2,20,21,22). The third-order valence-electron chi connectivity index (χ3n) is 2.74. The Balaban J connectivity index is 2.06. The molecule has 0 aliphatic carbocycles. The Morgan fingerprint density at radius 3 is 2.50 bits per heavy atom.